The number of carbonyl (C=O) groups excluding carboxylic acids is 3. The number of esters is 1. The van der Waals surface area contributed by atoms with Crippen molar-refractivity contribution < 1.29 is 23.9 Å². The first-order valence-electron chi connectivity index (χ1n) is 7.71. The zero-order valence-electron chi connectivity index (χ0n) is 14.1. The molecule has 7 nitrogen and oxygen atoms in total. The number of carbonyl (C=O) groups is 3. The van der Waals surface area contributed by atoms with Crippen LogP contribution in [0.15, 0.2) is 60.7 Å². The summed E-state index contributed by atoms with van der Waals surface area (Å²) in [7, 11) is 1.57. The number of hydrazine groups is 1. The number of rotatable bonds is 6. The summed E-state index contributed by atoms with van der Waals surface area (Å²) in [6, 6.07) is 15.4. The fourth-order valence-electron chi connectivity index (χ4n) is 1.89. The van der Waals surface area contributed by atoms with Gasteiger partial charge in [-0.05, 0) is 35.9 Å². The molecule has 2 aromatic rings. The van der Waals surface area contributed by atoms with E-state index >= 15 is 0 Å². The van der Waals surface area contributed by atoms with E-state index in [1.165, 1.54) is 6.08 Å². The van der Waals surface area contributed by atoms with Crippen LogP contribution in [0.5, 0.6) is 5.75 Å². The van der Waals surface area contributed by atoms with Gasteiger partial charge in [-0.25, -0.2) is 4.79 Å². The van der Waals surface area contributed by atoms with Crippen LogP contribution in [-0.4, -0.2) is 31.5 Å². The molecule has 134 valence electrons. The summed E-state index contributed by atoms with van der Waals surface area (Å²) >= 11 is 0. The second-order valence-electron chi connectivity index (χ2n) is 5.08. The third-order valence-electron chi connectivity index (χ3n) is 3.22. The molecular formula is C19H18N2O5. The molecule has 0 heterocycles. The van der Waals surface area contributed by atoms with Gasteiger partial charge in [0.1, 0.15) is 5.75 Å². The second kappa shape index (κ2) is 9.63. The van der Waals surface area contributed by atoms with E-state index in [-0.39, 0.29) is 0 Å². The maximum absolute atomic E-state index is 11.7. The van der Waals surface area contributed by atoms with E-state index in [0.717, 1.165) is 5.56 Å². The molecule has 0 aromatic heterocycles. The van der Waals surface area contributed by atoms with E-state index in [0.29, 0.717) is 11.3 Å². The Morgan fingerprint density at radius 3 is 2.31 bits per heavy atom. The first-order valence-corrected chi connectivity index (χ1v) is 7.71. The quantitative estimate of drug-likeness (QED) is 0.468. The number of methoxy groups -OCH3 is 1. The lowest BCUT2D eigenvalue weighted by Crippen LogP contribution is -2.43. The van der Waals surface area contributed by atoms with E-state index in [1.807, 2.05) is 0 Å². The summed E-state index contributed by atoms with van der Waals surface area (Å²) in [5.41, 5.74) is 5.58. The SMILES string of the molecule is COc1ccc(/C=C/C(=O)OCC(=O)NNC(=O)c2ccccc2)cc1. The maximum atomic E-state index is 11.7. The largest absolute Gasteiger partial charge is 0.497 e. The number of hydrogen-bond donors (Lipinski definition) is 2. The molecule has 2 N–H and O–H groups in total. The van der Waals surface area contributed by atoms with Crippen molar-refractivity contribution in [3.8, 4) is 5.75 Å². The second-order valence-corrected chi connectivity index (χ2v) is 5.08. The topological polar surface area (TPSA) is 93.7 Å². The van der Waals surface area contributed by atoms with Crippen LogP contribution in [0.3, 0.4) is 0 Å². The zero-order chi connectivity index (χ0) is 18.8. The third-order valence-corrected chi connectivity index (χ3v) is 3.22. The summed E-state index contributed by atoms with van der Waals surface area (Å²) in [6.45, 7) is -0.513. The molecule has 0 fully saturated rings. The predicted molar refractivity (Wildman–Crippen MR) is 95.0 cm³/mol. The minimum atomic E-state index is -0.676. The maximum Gasteiger partial charge on any atom is 0.331 e. The first-order chi connectivity index (χ1) is 12.6. The summed E-state index contributed by atoms with van der Waals surface area (Å²) in [6.07, 6.45) is 2.76. The Morgan fingerprint density at radius 1 is 0.962 bits per heavy atom. The van der Waals surface area contributed by atoms with Crippen molar-refractivity contribution in [3.63, 3.8) is 0 Å². The smallest absolute Gasteiger partial charge is 0.331 e. The Hall–Kier alpha value is -3.61. The van der Waals surface area contributed by atoms with E-state index in [1.54, 1.807) is 67.8 Å². The molecule has 0 atom stereocenters. The van der Waals surface area contributed by atoms with Crippen LogP contribution < -0.4 is 15.6 Å². The highest BCUT2D eigenvalue weighted by Gasteiger charge is 2.08. The summed E-state index contributed by atoms with van der Waals surface area (Å²) in [5, 5.41) is 0. The van der Waals surface area contributed by atoms with Gasteiger partial charge in [-0.1, -0.05) is 30.3 Å². The molecule has 0 radical (unpaired) electrons. The number of amides is 2. The Morgan fingerprint density at radius 2 is 1.65 bits per heavy atom. The van der Waals surface area contributed by atoms with E-state index < -0.39 is 24.4 Å². The Kier molecular flexibility index (Phi) is 6.93. The molecule has 0 unspecified atom stereocenters. The van der Waals surface area contributed by atoms with Crippen LogP contribution in [-0.2, 0) is 14.3 Å². The van der Waals surface area contributed by atoms with Crippen LogP contribution in [0.25, 0.3) is 6.08 Å². The fraction of sp³-hybridized carbons (Fsp3) is 0.105. The van der Waals surface area contributed by atoms with Gasteiger partial charge in [0, 0.05) is 11.6 Å². The molecule has 26 heavy (non-hydrogen) atoms. The van der Waals surface area contributed by atoms with Gasteiger partial charge < -0.3 is 9.47 Å². The average molecular weight is 354 g/mol. The van der Waals surface area contributed by atoms with Crippen molar-refractivity contribution in [1.29, 1.82) is 0 Å². The molecule has 0 saturated carbocycles. The number of ether oxygens (including phenoxy) is 2. The molecule has 0 saturated heterocycles. The van der Waals surface area contributed by atoms with Gasteiger partial charge in [0.25, 0.3) is 11.8 Å². The van der Waals surface area contributed by atoms with E-state index in [9.17, 15) is 14.4 Å². The number of nitrogens with one attached hydrogen (secondary N) is 2. The molecule has 2 aromatic carbocycles. The molecule has 0 aliphatic heterocycles. The van der Waals surface area contributed by atoms with Crippen molar-refractivity contribution >= 4 is 23.9 Å². The Bertz CT molecular complexity index is 785. The highest BCUT2D eigenvalue weighted by Crippen LogP contribution is 2.12. The normalized spacial score (nSPS) is 10.2. The summed E-state index contributed by atoms with van der Waals surface area (Å²) in [4.78, 5) is 34.9. The molecule has 0 spiro atoms. The van der Waals surface area contributed by atoms with Gasteiger partial charge in [-0.3, -0.25) is 20.4 Å². The first kappa shape index (κ1) is 18.7. The number of benzene rings is 2. The highest BCUT2D eigenvalue weighted by atomic mass is 16.5. The van der Waals surface area contributed by atoms with Gasteiger partial charge in [0.15, 0.2) is 6.61 Å². The van der Waals surface area contributed by atoms with Gasteiger partial charge in [0.05, 0.1) is 7.11 Å². The summed E-state index contributed by atoms with van der Waals surface area (Å²) in [5.74, 6) is -1.09. The fourth-order valence-corrected chi connectivity index (χ4v) is 1.89. The Labute approximate surface area is 150 Å². The number of hydrogen-bond acceptors (Lipinski definition) is 5. The van der Waals surface area contributed by atoms with Crippen LogP contribution in [0.1, 0.15) is 15.9 Å². The minimum Gasteiger partial charge on any atom is -0.497 e. The van der Waals surface area contributed by atoms with E-state index in [2.05, 4.69) is 10.9 Å². The lowest BCUT2D eigenvalue weighted by atomic mass is 10.2. The van der Waals surface area contributed by atoms with Gasteiger partial charge in [0.2, 0.25) is 0 Å². The molecule has 0 bridgehead atoms. The molecular weight excluding hydrogens is 336 g/mol. The highest BCUT2D eigenvalue weighted by molar-refractivity contribution is 5.95. The Balaban J connectivity index is 1.71. The molecule has 2 amide bonds. The molecule has 0 aliphatic rings. The van der Waals surface area contributed by atoms with Crippen molar-refractivity contribution in [2.45, 2.75) is 0 Å². The third kappa shape index (κ3) is 6.12. The predicted octanol–water partition coefficient (Wildman–Crippen LogP) is 1.71. The molecule has 0 aliphatic carbocycles. The van der Waals surface area contributed by atoms with Crippen LogP contribution in [0.2, 0.25) is 0 Å². The summed E-state index contributed by atoms with van der Waals surface area (Å²) < 4.78 is 9.83. The van der Waals surface area contributed by atoms with Crippen LogP contribution in [0.4, 0.5) is 0 Å². The van der Waals surface area contributed by atoms with Gasteiger partial charge >= 0.3 is 5.97 Å². The van der Waals surface area contributed by atoms with Crippen molar-refractivity contribution in [3.05, 3.63) is 71.8 Å². The van der Waals surface area contributed by atoms with Gasteiger partial charge in [-0.15, -0.1) is 0 Å². The minimum absolute atomic E-state index is 0.396. The molecule has 7 heteroatoms. The van der Waals surface area contributed by atoms with Crippen LogP contribution in [0, 0.1) is 0 Å². The van der Waals surface area contributed by atoms with Crippen molar-refractivity contribution in [2.24, 2.45) is 0 Å². The van der Waals surface area contributed by atoms with E-state index in [4.69, 9.17) is 9.47 Å². The standard InChI is InChI=1S/C19H18N2O5/c1-25-16-10-7-14(8-11-16)9-12-18(23)26-13-17(22)20-21-19(24)15-5-3-2-4-6-15/h2-12H,13H2,1H3,(H,20,22)(H,21,24)/b12-9+. The lowest BCUT2D eigenvalue weighted by Gasteiger charge is -2.07. The average Bonchev–Trinajstić information content (AvgIpc) is 2.69. The van der Waals surface area contributed by atoms with Crippen LogP contribution >= 0.6 is 0 Å². The zero-order valence-corrected chi connectivity index (χ0v) is 14.1. The monoisotopic (exact) mass is 354 g/mol. The van der Waals surface area contributed by atoms with Crippen molar-refractivity contribution in [2.75, 3.05) is 13.7 Å². The van der Waals surface area contributed by atoms with Gasteiger partial charge in [-0.2, -0.15) is 0 Å². The van der Waals surface area contributed by atoms with Crippen molar-refractivity contribution in [1.82, 2.24) is 10.9 Å². The lowest BCUT2D eigenvalue weighted by molar-refractivity contribution is -0.144. The molecule has 2 rings (SSSR count).